The van der Waals surface area contributed by atoms with Crippen LogP contribution >= 0.6 is 0 Å². The zero-order valence-electron chi connectivity index (χ0n) is 14.9. The zero-order valence-corrected chi connectivity index (χ0v) is 14.9. The Bertz CT molecular complexity index is 937. The Kier molecular flexibility index (Phi) is 5.81. The van der Waals surface area contributed by atoms with E-state index in [1.165, 1.54) is 0 Å². The predicted octanol–water partition coefficient (Wildman–Crippen LogP) is 4.43. The Labute approximate surface area is 158 Å². The molecule has 1 N–H and O–H groups in total. The molecule has 0 radical (unpaired) electrons. The molecular formula is C19H18F4N4O. The van der Waals surface area contributed by atoms with Gasteiger partial charge in [-0.25, -0.2) is 17.6 Å². The third-order valence-corrected chi connectivity index (χ3v) is 4.22. The minimum Gasteiger partial charge on any atom is -0.348 e. The first-order valence-corrected chi connectivity index (χ1v) is 8.51. The minimum atomic E-state index is -3.01. The highest BCUT2D eigenvalue weighted by Crippen LogP contribution is 2.25. The lowest BCUT2D eigenvalue weighted by Gasteiger charge is -2.16. The van der Waals surface area contributed by atoms with Crippen LogP contribution in [0, 0.1) is 0 Å². The van der Waals surface area contributed by atoms with Gasteiger partial charge in [0, 0.05) is 18.1 Å². The second-order valence-electron chi connectivity index (χ2n) is 6.23. The SMILES string of the molecule is CC(NC(=O)Cn1nc(C(F)F)cc1C(F)F)c1cccc(-n2cccc2)c1. The number of aromatic nitrogens is 3. The molecule has 0 aliphatic heterocycles. The van der Waals surface area contributed by atoms with E-state index in [1.54, 1.807) is 6.92 Å². The molecule has 0 bridgehead atoms. The van der Waals surface area contributed by atoms with Gasteiger partial charge in [0.25, 0.3) is 12.9 Å². The number of carbonyl (C=O) groups is 1. The molecule has 0 spiro atoms. The number of alkyl halides is 4. The molecule has 9 heteroatoms. The van der Waals surface area contributed by atoms with Gasteiger partial charge in [-0.2, -0.15) is 5.10 Å². The fraction of sp³-hybridized carbons (Fsp3) is 0.263. The summed E-state index contributed by atoms with van der Waals surface area (Å²) in [6.07, 6.45) is -2.24. The highest BCUT2D eigenvalue weighted by atomic mass is 19.3. The van der Waals surface area contributed by atoms with Crippen LogP contribution in [0.25, 0.3) is 5.69 Å². The van der Waals surface area contributed by atoms with Crippen LogP contribution in [0.15, 0.2) is 54.9 Å². The fourth-order valence-electron chi connectivity index (χ4n) is 2.83. The van der Waals surface area contributed by atoms with Crippen molar-refractivity contribution in [1.29, 1.82) is 0 Å². The Morgan fingerprint density at radius 1 is 1.07 bits per heavy atom. The van der Waals surface area contributed by atoms with Crippen molar-refractivity contribution in [1.82, 2.24) is 19.7 Å². The highest BCUT2D eigenvalue weighted by molar-refractivity contribution is 5.76. The summed E-state index contributed by atoms with van der Waals surface area (Å²) in [5, 5.41) is 6.10. The molecule has 1 amide bonds. The van der Waals surface area contributed by atoms with Crippen molar-refractivity contribution in [2.45, 2.75) is 32.4 Å². The summed E-state index contributed by atoms with van der Waals surface area (Å²) < 4.78 is 54.0. The molecule has 2 heterocycles. The average molecular weight is 394 g/mol. The molecule has 3 aromatic rings. The molecule has 0 aliphatic carbocycles. The molecule has 0 aliphatic rings. The molecule has 1 unspecified atom stereocenters. The Balaban J connectivity index is 1.71. The second-order valence-corrected chi connectivity index (χ2v) is 6.23. The molecule has 148 valence electrons. The Morgan fingerprint density at radius 3 is 2.43 bits per heavy atom. The molecular weight excluding hydrogens is 376 g/mol. The number of nitrogens with zero attached hydrogens (tertiary/aromatic N) is 3. The van der Waals surface area contributed by atoms with E-state index < -0.39 is 42.7 Å². The van der Waals surface area contributed by atoms with Crippen LogP contribution in [0.2, 0.25) is 0 Å². The highest BCUT2D eigenvalue weighted by Gasteiger charge is 2.22. The maximum atomic E-state index is 13.0. The van der Waals surface area contributed by atoms with E-state index in [-0.39, 0.29) is 0 Å². The number of benzene rings is 1. The van der Waals surface area contributed by atoms with Gasteiger partial charge >= 0.3 is 0 Å². The van der Waals surface area contributed by atoms with E-state index in [0.717, 1.165) is 11.3 Å². The van der Waals surface area contributed by atoms with Crippen molar-refractivity contribution in [3.05, 3.63) is 71.8 Å². The van der Waals surface area contributed by atoms with Crippen LogP contribution < -0.4 is 5.32 Å². The first-order valence-electron chi connectivity index (χ1n) is 8.51. The Morgan fingerprint density at radius 2 is 1.79 bits per heavy atom. The number of nitrogens with one attached hydrogen (secondary N) is 1. The first-order chi connectivity index (χ1) is 13.3. The summed E-state index contributed by atoms with van der Waals surface area (Å²) in [6, 6.07) is 11.4. The quantitative estimate of drug-likeness (QED) is 0.603. The second kappa shape index (κ2) is 8.28. The third kappa shape index (κ3) is 4.41. The number of rotatable bonds is 7. The van der Waals surface area contributed by atoms with Gasteiger partial charge in [0.1, 0.15) is 17.9 Å². The number of halogens is 4. The zero-order chi connectivity index (χ0) is 20.3. The van der Waals surface area contributed by atoms with E-state index in [4.69, 9.17) is 0 Å². The molecule has 28 heavy (non-hydrogen) atoms. The van der Waals surface area contributed by atoms with Crippen LogP contribution in [0.3, 0.4) is 0 Å². The van der Waals surface area contributed by atoms with Crippen molar-refractivity contribution in [3.63, 3.8) is 0 Å². The van der Waals surface area contributed by atoms with Crippen molar-refractivity contribution in [2.24, 2.45) is 0 Å². The van der Waals surface area contributed by atoms with Crippen LogP contribution in [0.1, 0.15) is 42.8 Å². The molecule has 0 saturated heterocycles. The first kappa shape index (κ1) is 19.7. The molecule has 1 atom stereocenters. The van der Waals surface area contributed by atoms with E-state index in [1.807, 2.05) is 53.4 Å². The van der Waals surface area contributed by atoms with E-state index in [2.05, 4.69) is 10.4 Å². The van der Waals surface area contributed by atoms with E-state index in [9.17, 15) is 22.4 Å². The predicted molar refractivity (Wildman–Crippen MR) is 94.5 cm³/mol. The van der Waals surface area contributed by atoms with Gasteiger partial charge in [-0.05, 0) is 42.8 Å². The smallest absolute Gasteiger partial charge is 0.282 e. The lowest BCUT2D eigenvalue weighted by molar-refractivity contribution is -0.122. The van der Waals surface area contributed by atoms with Crippen LogP contribution in [-0.4, -0.2) is 20.3 Å². The van der Waals surface area contributed by atoms with E-state index in [0.29, 0.717) is 10.7 Å². The summed E-state index contributed by atoms with van der Waals surface area (Å²) in [5.74, 6) is -0.607. The van der Waals surface area contributed by atoms with Crippen molar-refractivity contribution >= 4 is 5.91 Å². The number of hydrogen-bond acceptors (Lipinski definition) is 2. The summed E-state index contributed by atoms with van der Waals surface area (Å²) in [4.78, 5) is 12.3. The van der Waals surface area contributed by atoms with Crippen molar-refractivity contribution in [2.75, 3.05) is 0 Å². The fourth-order valence-corrected chi connectivity index (χ4v) is 2.83. The molecule has 1 aromatic carbocycles. The van der Waals surface area contributed by atoms with Crippen molar-refractivity contribution in [3.8, 4) is 5.69 Å². The van der Waals surface area contributed by atoms with E-state index >= 15 is 0 Å². The summed E-state index contributed by atoms with van der Waals surface area (Å²) in [7, 11) is 0. The van der Waals surface area contributed by atoms with Gasteiger partial charge in [-0.1, -0.05) is 12.1 Å². The lowest BCUT2D eigenvalue weighted by Crippen LogP contribution is -2.31. The maximum absolute atomic E-state index is 13.0. The average Bonchev–Trinajstić information content (AvgIpc) is 3.31. The molecule has 0 saturated carbocycles. The van der Waals surface area contributed by atoms with Gasteiger partial charge in [0.05, 0.1) is 6.04 Å². The summed E-state index contributed by atoms with van der Waals surface area (Å²) in [6.45, 7) is 1.17. The van der Waals surface area contributed by atoms with Crippen LogP contribution in [-0.2, 0) is 11.3 Å². The lowest BCUT2D eigenvalue weighted by atomic mass is 10.1. The molecule has 0 fully saturated rings. The summed E-state index contributed by atoms with van der Waals surface area (Å²) >= 11 is 0. The standard InChI is InChI=1S/C19H18F4N4O/c1-12(13-5-4-6-14(9-13)26-7-2-3-8-26)24-17(28)11-27-16(19(22)23)10-15(25-27)18(20)21/h2-10,12,18-19H,11H2,1H3,(H,24,28). The third-order valence-electron chi connectivity index (χ3n) is 4.22. The summed E-state index contributed by atoms with van der Waals surface area (Å²) in [5.41, 5.74) is 0.211. The monoisotopic (exact) mass is 394 g/mol. The molecule has 2 aromatic heterocycles. The molecule has 3 rings (SSSR count). The minimum absolute atomic E-state index is 0.414. The molecule has 5 nitrogen and oxygen atoms in total. The topological polar surface area (TPSA) is 51.9 Å². The normalized spacial score (nSPS) is 12.5. The van der Waals surface area contributed by atoms with Gasteiger partial charge < -0.3 is 9.88 Å². The number of carbonyl (C=O) groups excluding carboxylic acids is 1. The van der Waals surface area contributed by atoms with Crippen LogP contribution in [0.4, 0.5) is 17.6 Å². The van der Waals surface area contributed by atoms with Gasteiger partial charge in [-0.3, -0.25) is 9.48 Å². The van der Waals surface area contributed by atoms with Crippen LogP contribution in [0.5, 0.6) is 0 Å². The Hall–Kier alpha value is -3.10. The largest absolute Gasteiger partial charge is 0.348 e. The van der Waals surface area contributed by atoms with Gasteiger partial charge in [0.15, 0.2) is 0 Å². The number of amides is 1. The van der Waals surface area contributed by atoms with Gasteiger partial charge in [0.2, 0.25) is 5.91 Å². The maximum Gasteiger partial charge on any atom is 0.282 e. The number of hydrogen-bond donors (Lipinski definition) is 1. The van der Waals surface area contributed by atoms with Crippen molar-refractivity contribution < 1.29 is 22.4 Å². The van der Waals surface area contributed by atoms with Gasteiger partial charge in [-0.15, -0.1) is 0 Å².